The van der Waals surface area contributed by atoms with Gasteiger partial charge in [-0.15, -0.1) is 0 Å². The number of rotatable bonds is 5. The van der Waals surface area contributed by atoms with Crippen molar-refractivity contribution in [2.24, 2.45) is 0 Å². The molecule has 1 aliphatic heterocycles. The van der Waals surface area contributed by atoms with E-state index in [2.05, 4.69) is 4.98 Å². The van der Waals surface area contributed by atoms with Crippen LogP contribution in [0.5, 0.6) is 11.5 Å². The van der Waals surface area contributed by atoms with E-state index in [0.29, 0.717) is 11.4 Å². The second kappa shape index (κ2) is 8.59. The number of pyridine rings is 1. The van der Waals surface area contributed by atoms with E-state index in [1.807, 2.05) is 0 Å². The molecule has 0 radical (unpaired) electrons. The van der Waals surface area contributed by atoms with Crippen LogP contribution in [0, 0.1) is 0 Å². The van der Waals surface area contributed by atoms with Crippen molar-refractivity contribution in [3.63, 3.8) is 0 Å². The fourth-order valence-corrected chi connectivity index (χ4v) is 4.67. The first kappa shape index (κ1) is 21.2. The first-order valence-corrected chi connectivity index (χ1v) is 10.5. The van der Waals surface area contributed by atoms with E-state index in [4.69, 9.17) is 21.1 Å². The van der Waals surface area contributed by atoms with Crippen molar-refractivity contribution in [1.29, 1.82) is 0 Å². The Hall–Kier alpha value is -3.06. The maximum Gasteiger partial charge on any atom is 0.295 e. The Bertz CT molecular complexity index is 1050. The number of Topliss-reactive ketones (excluding diaryl/α,β-unsaturated/α-hetero) is 1. The number of benzene rings is 1. The number of likely N-dealkylation sites (tertiary alicyclic amines) is 1. The molecule has 0 spiro atoms. The first-order valence-electron chi connectivity index (χ1n) is 10.1. The van der Waals surface area contributed by atoms with E-state index in [1.54, 1.807) is 29.3 Å². The molecule has 1 aliphatic carbocycles. The number of aliphatic hydroxyl groups is 1. The van der Waals surface area contributed by atoms with Crippen molar-refractivity contribution >= 4 is 29.1 Å². The lowest BCUT2D eigenvalue weighted by Gasteiger charge is -2.30. The number of ketones is 1. The zero-order chi connectivity index (χ0) is 22.1. The molecule has 4 rings (SSSR count). The average Bonchev–Trinajstić information content (AvgIpc) is 3.40. The predicted molar refractivity (Wildman–Crippen MR) is 115 cm³/mol. The number of hydrogen-bond acceptors (Lipinski definition) is 6. The zero-order valence-electron chi connectivity index (χ0n) is 17.3. The third kappa shape index (κ3) is 3.63. The minimum atomic E-state index is -0.783. The Morgan fingerprint density at radius 2 is 1.84 bits per heavy atom. The van der Waals surface area contributed by atoms with Gasteiger partial charge in [0.2, 0.25) is 0 Å². The van der Waals surface area contributed by atoms with Gasteiger partial charge in [0.25, 0.3) is 11.7 Å². The SMILES string of the molecule is COc1cc(OC)c(/C(O)=C2\C(=O)C(=O)N(C3CCCC3)C2c2ccccn2)cc1Cl. The molecule has 1 saturated heterocycles. The molecule has 7 nitrogen and oxygen atoms in total. The van der Waals surface area contributed by atoms with Crippen molar-refractivity contribution in [2.45, 2.75) is 37.8 Å². The Morgan fingerprint density at radius 1 is 1.13 bits per heavy atom. The molecule has 162 valence electrons. The average molecular weight is 443 g/mol. The van der Waals surface area contributed by atoms with Crippen molar-refractivity contribution in [3.8, 4) is 11.5 Å². The van der Waals surface area contributed by atoms with Gasteiger partial charge >= 0.3 is 0 Å². The summed E-state index contributed by atoms with van der Waals surface area (Å²) in [6, 6.07) is 7.45. The lowest BCUT2D eigenvalue weighted by Crippen LogP contribution is -2.37. The van der Waals surface area contributed by atoms with Crippen LogP contribution >= 0.6 is 11.6 Å². The summed E-state index contributed by atoms with van der Waals surface area (Å²) in [5.74, 6) is -1.08. The number of nitrogens with zero attached hydrogens (tertiary/aromatic N) is 2. The van der Waals surface area contributed by atoms with E-state index < -0.39 is 17.7 Å². The van der Waals surface area contributed by atoms with E-state index in [0.717, 1.165) is 25.7 Å². The molecular weight excluding hydrogens is 420 g/mol. The van der Waals surface area contributed by atoms with Crippen molar-refractivity contribution in [2.75, 3.05) is 14.2 Å². The Labute approximate surface area is 185 Å². The predicted octanol–water partition coefficient (Wildman–Crippen LogP) is 4.12. The van der Waals surface area contributed by atoms with Crippen LogP contribution in [0.1, 0.15) is 43.0 Å². The molecule has 2 aliphatic rings. The normalized spacial score (nSPS) is 21.0. The first-order chi connectivity index (χ1) is 15.0. The number of halogens is 1. The van der Waals surface area contributed by atoms with Crippen LogP contribution in [0.4, 0.5) is 0 Å². The van der Waals surface area contributed by atoms with Crippen LogP contribution in [0.3, 0.4) is 0 Å². The van der Waals surface area contributed by atoms with Crippen LogP contribution in [-0.2, 0) is 9.59 Å². The van der Waals surface area contributed by atoms with Gasteiger partial charge in [0, 0.05) is 18.3 Å². The van der Waals surface area contributed by atoms with Gasteiger partial charge in [0.15, 0.2) is 0 Å². The number of carbonyl (C=O) groups is 2. The summed E-state index contributed by atoms with van der Waals surface area (Å²) >= 11 is 6.27. The molecule has 1 aromatic carbocycles. The smallest absolute Gasteiger partial charge is 0.295 e. The molecular formula is C23H23ClN2O5. The third-order valence-electron chi connectivity index (χ3n) is 5.90. The summed E-state index contributed by atoms with van der Waals surface area (Å²) in [5, 5.41) is 11.5. The van der Waals surface area contributed by atoms with Gasteiger partial charge in [-0.1, -0.05) is 30.5 Å². The van der Waals surface area contributed by atoms with Crippen LogP contribution in [0.2, 0.25) is 5.02 Å². The summed E-state index contributed by atoms with van der Waals surface area (Å²) < 4.78 is 10.6. The van der Waals surface area contributed by atoms with Gasteiger partial charge in [0.1, 0.15) is 23.3 Å². The molecule has 2 aromatic rings. The summed E-state index contributed by atoms with van der Waals surface area (Å²) in [6.45, 7) is 0. The van der Waals surface area contributed by atoms with Crippen molar-refractivity contribution in [1.82, 2.24) is 9.88 Å². The number of hydrogen-bond donors (Lipinski definition) is 1. The highest BCUT2D eigenvalue weighted by atomic mass is 35.5. The molecule has 8 heteroatoms. The van der Waals surface area contributed by atoms with Gasteiger partial charge in [-0.25, -0.2) is 0 Å². The number of carbonyl (C=O) groups excluding carboxylic acids is 2. The molecule has 2 heterocycles. The summed E-state index contributed by atoms with van der Waals surface area (Å²) in [6.07, 6.45) is 5.21. The number of ether oxygens (including phenoxy) is 2. The van der Waals surface area contributed by atoms with E-state index in [1.165, 1.54) is 26.4 Å². The highest BCUT2D eigenvalue weighted by Gasteiger charge is 2.50. The Morgan fingerprint density at radius 3 is 2.45 bits per heavy atom. The fourth-order valence-electron chi connectivity index (χ4n) is 4.43. The number of aliphatic hydroxyl groups excluding tert-OH is 1. The van der Waals surface area contributed by atoms with Crippen molar-refractivity contribution < 1.29 is 24.2 Å². The Kier molecular flexibility index (Phi) is 5.87. The quantitative estimate of drug-likeness (QED) is 0.425. The van der Waals surface area contributed by atoms with E-state index >= 15 is 0 Å². The molecule has 1 unspecified atom stereocenters. The van der Waals surface area contributed by atoms with Crippen LogP contribution in [0.15, 0.2) is 42.1 Å². The van der Waals surface area contributed by atoms with E-state index in [9.17, 15) is 14.7 Å². The maximum absolute atomic E-state index is 13.1. The molecule has 1 amide bonds. The summed E-state index contributed by atoms with van der Waals surface area (Å²) in [7, 11) is 2.90. The van der Waals surface area contributed by atoms with Crippen molar-refractivity contribution in [3.05, 3.63) is 58.4 Å². The topological polar surface area (TPSA) is 89.0 Å². The standard InChI is InChI=1S/C23H23ClN2O5/c1-30-17-12-18(31-2)15(24)11-14(17)21(27)19-20(16-9-5-6-10-25-16)26(23(29)22(19)28)13-7-3-4-8-13/h5-6,9-13,20,27H,3-4,7-8H2,1-2H3/b21-19+. The summed E-state index contributed by atoms with van der Waals surface area (Å²) in [4.78, 5) is 32.2. The molecule has 1 N–H and O–H groups in total. The highest BCUT2D eigenvalue weighted by Crippen LogP contribution is 2.45. The minimum absolute atomic E-state index is 0.0184. The highest BCUT2D eigenvalue weighted by molar-refractivity contribution is 6.46. The molecule has 0 bridgehead atoms. The molecule has 31 heavy (non-hydrogen) atoms. The zero-order valence-corrected chi connectivity index (χ0v) is 18.1. The lowest BCUT2D eigenvalue weighted by atomic mass is 9.97. The van der Waals surface area contributed by atoms with E-state index in [-0.39, 0.29) is 33.7 Å². The van der Waals surface area contributed by atoms with Crippen LogP contribution in [0.25, 0.3) is 5.76 Å². The van der Waals surface area contributed by atoms with Gasteiger partial charge in [-0.05, 0) is 31.0 Å². The fraction of sp³-hybridized carbons (Fsp3) is 0.348. The monoisotopic (exact) mass is 442 g/mol. The third-order valence-corrected chi connectivity index (χ3v) is 6.19. The molecule has 1 aromatic heterocycles. The van der Waals surface area contributed by atoms with Crippen LogP contribution in [-0.4, -0.2) is 46.9 Å². The Balaban J connectivity index is 1.92. The van der Waals surface area contributed by atoms with Gasteiger partial charge < -0.3 is 19.5 Å². The van der Waals surface area contributed by atoms with Gasteiger partial charge in [-0.2, -0.15) is 0 Å². The maximum atomic E-state index is 13.1. The van der Waals surface area contributed by atoms with Crippen LogP contribution < -0.4 is 9.47 Å². The minimum Gasteiger partial charge on any atom is -0.507 e. The second-order valence-electron chi connectivity index (χ2n) is 7.59. The molecule has 2 fully saturated rings. The largest absolute Gasteiger partial charge is 0.507 e. The second-order valence-corrected chi connectivity index (χ2v) is 7.99. The lowest BCUT2D eigenvalue weighted by molar-refractivity contribution is -0.141. The molecule has 1 saturated carbocycles. The number of methoxy groups -OCH3 is 2. The van der Waals surface area contributed by atoms with Gasteiger partial charge in [0.05, 0.1) is 36.1 Å². The summed E-state index contributed by atoms with van der Waals surface area (Å²) in [5.41, 5.74) is 0.711. The van der Waals surface area contributed by atoms with Gasteiger partial charge in [-0.3, -0.25) is 14.6 Å². The number of amides is 1. The molecule has 1 atom stereocenters. The number of aromatic nitrogens is 1.